The van der Waals surface area contributed by atoms with Gasteiger partial charge in [0.2, 0.25) is 0 Å². The molecule has 0 bridgehead atoms. The molecule has 0 radical (unpaired) electrons. The minimum absolute atomic E-state index is 0.317. The Balaban J connectivity index is 2.06. The molecule has 1 atom stereocenters. The molecule has 0 aliphatic heterocycles. The monoisotopic (exact) mass is 275 g/mol. The lowest BCUT2D eigenvalue weighted by Gasteiger charge is -2.13. The van der Waals surface area contributed by atoms with Crippen LogP contribution in [-0.2, 0) is 0 Å². The van der Waals surface area contributed by atoms with Gasteiger partial charge < -0.3 is 15.7 Å². The summed E-state index contributed by atoms with van der Waals surface area (Å²) in [6.07, 6.45) is 0. The number of hydrogen-bond acceptors (Lipinski definition) is 2. The molecule has 0 saturated carbocycles. The molecule has 0 amide bonds. The highest BCUT2D eigenvalue weighted by atomic mass is 19.1. The number of aromatic amines is 2. The van der Waals surface area contributed by atoms with Crippen LogP contribution in [0.5, 0.6) is 0 Å². The number of halogens is 2. The first-order valence-corrected chi connectivity index (χ1v) is 5.96. The van der Waals surface area contributed by atoms with Crippen LogP contribution in [0.3, 0.4) is 0 Å². The van der Waals surface area contributed by atoms with Gasteiger partial charge in [-0.1, -0.05) is 6.07 Å². The summed E-state index contributed by atoms with van der Waals surface area (Å²) in [5.41, 5.74) is 7.93. The van der Waals surface area contributed by atoms with Gasteiger partial charge in [-0.15, -0.1) is 0 Å². The van der Waals surface area contributed by atoms with E-state index in [2.05, 4.69) is 9.97 Å². The third-order valence-corrected chi connectivity index (χ3v) is 3.14. The van der Waals surface area contributed by atoms with Gasteiger partial charge in [0.1, 0.15) is 11.6 Å². The van der Waals surface area contributed by atoms with E-state index in [0.29, 0.717) is 22.2 Å². The van der Waals surface area contributed by atoms with E-state index in [1.807, 2.05) is 0 Å². The van der Waals surface area contributed by atoms with Crippen molar-refractivity contribution in [1.29, 1.82) is 0 Å². The van der Waals surface area contributed by atoms with Gasteiger partial charge in [-0.3, -0.25) is 0 Å². The first kappa shape index (κ1) is 12.6. The summed E-state index contributed by atoms with van der Waals surface area (Å²) in [5, 5.41) is 0. The molecular weight excluding hydrogens is 264 g/mol. The third-order valence-electron chi connectivity index (χ3n) is 3.14. The van der Waals surface area contributed by atoms with Crippen molar-refractivity contribution in [1.82, 2.24) is 9.97 Å². The molecule has 4 N–H and O–H groups in total. The average Bonchev–Trinajstić information content (AvgIpc) is 2.75. The SMILES string of the molecule is NC(c1cc(F)cc(F)c1)c1ccc2[nH]c(=O)[nH]c2c1. The summed E-state index contributed by atoms with van der Waals surface area (Å²) in [4.78, 5) is 16.4. The first-order valence-electron chi connectivity index (χ1n) is 5.96. The van der Waals surface area contributed by atoms with Crippen molar-refractivity contribution in [2.45, 2.75) is 6.04 Å². The van der Waals surface area contributed by atoms with Crippen molar-refractivity contribution in [3.05, 3.63) is 69.6 Å². The second-order valence-electron chi connectivity index (χ2n) is 4.56. The highest BCUT2D eigenvalue weighted by molar-refractivity contribution is 5.75. The topological polar surface area (TPSA) is 74.7 Å². The number of H-pyrrole nitrogens is 2. The Kier molecular flexibility index (Phi) is 2.87. The molecule has 102 valence electrons. The van der Waals surface area contributed by atoms with Crippen LogP contribution < -0.4 is 11.4 Å². The molecule has 4 nitrogen and oxygen atoms in total. The van der Waals surface area contributed by atoms with Crippen LogP contribution in [0.1, 0.15) is 17.2 Å². The highest BCUT2D eigenvalue weighted by Gasteiger charge is 2.12. The molecule has 0 fully saturated rings. The molecule has 1 heterocycles. The summed E-state index contributed by atoms with van der Waals surface area (Å²) in [5.74, 6) is -1.35. The second kappa shape index (κ2) is 4.57. The molecule has 1 unspecified atom stereocenters. The fourth-order valence-electron chi connectivity index (χ4n) is 2.19. The molecule has 2 aromatic carbocycles. The summed E-state index contributed by atoms with van der Waals surface area (Å²) in [7, 11) is 0. The van der Waals surface area contributed by atoms with Crippen LogP contribution in [0.15, 0.2) is 41.2 Å². The van der Waals surface area contributed by atoms with E-state index in [4.69, 9.17) is 5.73 Å². The fraction of sp³-hybridized carbons (Fsp3) is 0.0714. The van der Waals surface area contributed by atoms with E-state index in [0.717, 1.165) is 6.07 Å². The Labute approximate surface area is 112 Å². The molecule has 3 aromatic rings. The molecule has 0 aliphatic carbocycles. The summed E-state index contributed by atoms with van der Waals surface area (Å²) < 4.78 is 26.4. The Morgan fingerprint density at radius 2 is 1.55 bits per heavy atom. The summed E-state index contributed by atoms with van der Waals surface area (Å²) in [6, 6.07) is 7.58. The smallest absolute Gasteiger partial charge is 0.320 e. The zero-order chi connectivity index (χ0) is 14.3. The van der Waals surface area contributed by atoms with Crippen LogP contribution in [0.2, 0.25) is 0 Å². The minimum Gasteiger partial charge on any atom is -0.320 e. The quantitative estimate of drug-likeness (QED) is 0.670. The first-order chi connectivity index (χ1) is 9.52. The molecule has 0 spiro atoms. The van der Waals surface area contributed by atoms with Gasteiger partial charge in [0.05, 0.1) is 17.1 Å². The molecular formula is C14H11F2N3O. The van der Waals surface area contributed by atoms with Crippen LogP contribution in [0.4, 0.5) is 8.78 Å². The number of nitrogens with two attached hydrogens (primary N) is 1. The van der Waals surface area contributed by atoms with Crippen molar-refractivity contribution < 1.29 is 8.78 Å². The fourth-order valence-corrected chi connectivity index (χ4v) is 2.19. The Morgan fingerprint density at radius 1 is 0.900 bits per heavy atom. The minimum atomic E-state index is -0.678. The molecule has 20 heavy (non-hydrogen) atoms. The normalized spacial score (nSPS) is 12.8. The Hall–Kier alpha value is -2.47. The number of benzene rings is 2. The van der Waals surface area contributed by atoms with Gasteiger partial charge in [-0.25, -0.2) is 13.6 Å². The van der Waals surface area contributed by atoms with Crippen LogP contribution in [0.25, 0.3) is 11.0 Å². The lowest BCUT2D eigenvalue weighted by Crippen LogP contribution is -2.12. The maximum absolute atomic E-state index is 13.2. The van der Waals surface area contributed by atoms with E-state index in [1.165, 1.54) is 12.1 Å². The number of nitrogens with one attached hydrogen (secondary N) is 2. The second-order valence-corrected chi connectivity index (χ2v) is 4.56. The van der Waals surface area contributed by atoms with Crippen molar-refractivity contribution in [3.8, 4) is 0 Å². The standard InChI is InChI=1S/C14H11F2N3O/c15-9-3-8(4-10(16)6-9)13(17)7-1-2-11-12(5-7)19-14(20)18-11/h1-6,13H,17H2,(H2,18,19,20). The maximum atomic E-state index is 13.2. The number of hydrogen-bond donors (Lipinski definition) is 3. The highest BCUT2D eigenvalue weighted by Crippen LogP contribution is 2.23. The third kappa shape index (κ3) is 2.21. The molecule has 0 saturated heterocycles. The molecule has 0 aliphatic rings. The largest absolute Gasteiger partial charge is 0.323 e. The van der Waals surface area contributed by atoms with E-state index in [-0.39, 0.29) is 5.69 Å². The van der Waals surface area contributed by atoms with E-state index in [9.17, 15) is 13.6 Å². The van der Waals surface area contributed by atoms with E-state index >= 15 is 0 Å². The van der Waals surface area contributed by atoms with Gasteiger partial charge >= 0.3 is 5.69 Å². The molecule has 3 rings (SSSR count). The Morgan fingerprint density at radius 3 is 2.25 bits per heavy atom. The Bertz CT molecular complexity index is 818. The van der Waals surface area contributed by atoms with Crippen molar-refractivity contribution in [2.75, 3.05) is 0 Å². The van der Waals surface area contributed by atoms with Gasteiger partial charge in [-0.2, -0.15) is 0 Å². The maximum Gasteiger partial charge on any atom is 0.323 e. The zero-order valence-electron chi connectivity index (χ0n) is 10.3. The predicted octanol–water partition coefficient (Wildman–Crippen LogP) is 2.18. The molecule has 1 aromatic heterocycles. The van der Waals surface area contributed by atoms with Crippen molar-refractivity contribution >= 4 is 11.0 Å². The lowest BCUT2D eigenvalue weighted by atomic mass is 9.99. The number of rotatable bonds is 2. The van der Waals surface area contributed by atoms with E-state index < -0.39 is 17.7 Å². The van der Waals surface area contributed by atoms with Gasteiger partial charge in [0.15, 0.2) is 0 Å². The van der Waals surface area contributed by atoms with Gasteiger partial charge in [-0.05, 0) is 35.4 Å². The van der Waals surface area contributed by atoms with Crippen molar-refractivity contribution in [3.63, 3.8) is 0 Å². The van der Waals surface area contributed by atoms with Gasteiger partial charge in [0.25, 0.3) is 0 Å². The molecule has 6 heteroatoms. The summed E-state index contributed by atoms with van der Waals surface area (Å²) in [6.45, 7) is 0. The number of aromatic nitrogens is 2. The number of imidazole rings is 1. The average molecular weight is 275 g/mol. The predicted molar refractivity (Wildman–Crippen MR) is 71.3 cm³/mol. The van der Waals surface area contributed by atoms with Crippen LogP contribution in [-0.4, -0.2) is 9.97 Å². The van der Waals surface area contributed by atoms with Crippen molar-refractivity contribution in [2.24, 2.45) is 5.73 Å². The van der Waals surface area contributed by atoms with Crippen LogP contribution >= 0.6 is 0 Å². The summed E-state index contributed by atoms with van der Waals surface area (Å²) >= 11 is 0. The van der Waals surface area contributed by atoms with Gasteiger partial charge in [0, 0.05) is 6.07 Å². The van der Waals surface area contributed by atoms with Crippen LogP contribution in [0, 0.1) is 11.6 Å². The number of fused-ring (bicyclic) bond motifs is 1. The lowest BCUT2D eigenvalue weighted by molar-refractivity contribution is 0.577. The van der Waals surface area contributed by atoms with E-state index in [1.54, 1.807) is 18.2 Å². The zero-order valence-corrected chi connectivity index (χ0v) is 10.3.